The van der Waals surface area contributed by atoms with Crippen molar-refractivity contribution in [3.05, 3.63) is 71.3 Å². The largest absolute Gasteiger partial charge is 0.342 e. The van der Waals surface area contributed by atoms with Gasteiger partial charge in [-0.1, -0.05) is 60.2 Å². The molecule has 1 atom stereocenters. The molecule has 2 aliphatic rings. The van der Waals surface area contributed by atoms with Crippen molar-refractivity contribution in [2.75, 3.05) is 26.2 Å². The summed E-state index contributed by atoms with van der Waals surface area (Å²) in [6.45, 7) is 7.42. The first-order chi connectivity index (χ1) is 14.1. The molecular weight excluding hydrogens is 356 g/mol. The number of carbonyl (C=O) groups excluding carboxylic acids is 1. The molecule has 2 aromatic carbocycles. The minimum Gasteiger partial charge on any atom is -0.342 e. The van der Waals surface area contributed by atoms with Gasteiger partial charge in [-0.3, -0.25) is 9.69 Å². The second-order valence-corrected chi connectivity index (χ2v) is 9.21. The van der Waals surface area contributed by atoms with Gasteiger partial charge in [0.2, 0.25) is 5.91 Å². The molecule has 2 aliphatic heterocycles. The first-order valence-electron chi connectivity index (χ1n) is 11.2. The molecule has 3 heteroatoms. The molecule has 154 valence electrons. The van der Waals surface area contributed by atoms with E-state index in [9.17, 15) is 4.79 Å². The van der Waals surface area contributed by atoms with E-state index < -0.39 is 0 Å². The van der Waals surface area contributed by atoms with Gasteiger partial charge in [0.25, 0.3) is 0 Å². The van der Waals surface area contributed by atoms with Gasteiger partial charge < -0.3 is 4.90 Å². The quantitative estimate of drug-likeness (QED) is 0.705. The third-order valence-corrected chi connectivity index (χ3v) is 6.72. The van der Waals surface area contributed by atoms with Crippen molar-refractivity contribution in [2.45, 2.75) is 52.0 Å². The molecule has 0 aliphatic carbocycles. The van der Waals surface area contributed by atoms with Crippen molar-refractivity contribution < 1.29 is 4.79 Å². The molecule has 2 saturated heterocycles. The molecule has 1 amide bonds. The Bertz CT molecular complexity index is 818. The van der Waals surface area contributed by atoms with Crippen LogP contribution in [0.15, 0.2) is 54.6 Å². The molecule has 0 bridgehead atoms. The highest BCUT2D eigenvalue weighted by atomic mass is 16.2. The number of aryl methyl sites for hydroxylation is 2. The van der Waals surface area contributed by atoms with Crippen LogP contribution in [0.4, 0.5) is 0 Å². The zero-order chi connectivity index (χ0) is 20.1. The first kappa shape index (κ1) is 20.2. The van der Waals surface area contributed by atoms with Gasteiger partial charge in [-0.25, -0.2) is 0 Å². The van der Waals surface area contributed by atoms with Crippen LogP contribution in [0.25, 0.3) is 0 Å². The summed E-state index contributed by atoms with van der Waals surface area (Å²) in [6, 6.07) is 19.4. The SMILES string of the molecule is Cc1cccc(CN2CCC[C@@]3(CCN(C(=O)CCCc4ccccc4)C3)C2)c1. The van der Waals surface area contributed by atoms with Crippen LogP contribution in [-0.4, -0.2) is 41.9 Å². The molecule has 0 unspecified atom stereocenters. The predicted molar refractivity (Wildman–Crippen MR) is 119 cm³/mol. The fourth-order valence-electron chi connectivity index (χ4n) is 5.24. The summed E-state index contributed by atoms with van der Waals surface area (Å²) in [4.78, 5) is 17.6. The van der Waals surface area contributed by atoms with Crippen molar-refractivity contribution in [2.24, 2.45) is 5.41 Å². The molecule has 4 rings (SSSR count). The van der Waals surface area contributed by atoms with Crippen LogP contribution in [0.5, 0.6) is 0 Å². The summed E-state index contributed by atoms with van der Waals surface area (Å²) in [5, 5.41) is 0. The molecule has 0 saturated carbocycles. The monoisotopic (exact) mass is 390 g/mol. The molecule has 1 spiro atoms. The molecule has 2 fully saturated rings. The van der Waals surface area contributed by atoms with Crippen LogP contribution >= 0.6 is 0 Å². The van der Waals surface area contributed by atoms with Gasteiger partial charge >= 0.3 is 0 Å². The van der Waals surface area contributed by atoms with Crippen LogP contribution in [0, 0.1) is 12.3 Å². The topological polar surface area (TPSA) is 23.6 Å². The average molecular weight is 391 g/mol. The number of nitrogens with zero attached hydrogens (tertiary/aromatic N) is 2. The van der Waals surface area contributed by atoms with Gasteiger partial charge in [0, 0.05) is 38.0 Å². The zero-order valence-electron chi connectivity index (χ0n) is 17.8. The van der Waals surface area contributed by atoms with Crippen LogP contribution in [-0.2, 0) is 17.8 Å². The van der Waals surface area contributed by atoms with Gasteiger partial charge in [0.15, 0.2) is 0 Å². The Morgan fingerprint density at radius 3 is 2.62 bits per heavy atom. The maximum absolute atomic E-state index is 12.8. The number of carbonyl (C=O) groups is 1. The number of likely N-dealkylation sites (tertiary alicyclic amines) is 2. The van der Waals surface area contributed by atoms with E-state index in [1.54, 1.807) is 0 Å². The lowest BCUT2D eigenvalue weighted by molar-refractivity contribution is -0.130. The summed E-state index contributed by atoms with van der Waals surface area (Å²) in [7, 11) is 0. The van der Waals surface area contributed by atoms with Crippen molar-refractivity contribution in [3.63, 3.8) is 0 Å². The van der Waals surface area contributed by atoms with Gasteiger partial charge in [-0.05, 0) is 56.7 Å². The van der Waals surface area contributed by atoms with E-state index in [0.717, 1.165) is 39.0 Å². The zero-order valence-corrected chi connectivity index (χ0v) is 17.8. The van der Waals surface area contributed by atoms with Gasteiger partial charge in [-0.15, -0.1) is 0 Å². The van der Waals surface area contributed by atoms with Crippen LogP contribution in [0.3, 0.4) is 0 Å². The average Bonchev–Trinajstić information content (AvgIpc) is 3.12. The number of amides is 1. The maximum Gasteiger partial charge on any atom is 0.222 e. The fraction of sp³-hybridized carbons (Fsp3) is 0.500. The van der Waals surface area contributed by atoms with Crippen LogP contribution in [0.2, 0.25) is 0 Å². The normalized spacial score (nSPS) is 22.3. The smallest absolute Gasteiger partial charge is 0.222 e. The Hall–Kier alpha value is -2.13. The second-order valence-electron chi connectivity index (χ2n) is 9.21. The Labute approximate surface area is 175 Å². The molecule has 2 aromatic rings. The van der Waals surface area contributed by atoms with Crippen molar-refractivity contribution in [3.8, 4) is 0 Å². The van der Waals surface area contributed by atoms with Crippen molar-refractivity contribution in [1.29, 1.82) is 0 Å². The molecule has 3 nitrogen and oxygen atoms in total. The molecule has 29 heavy (non-hydrogen) atoms. The van der Waals surface area contributed by atoms with E-state index in [-0.39, 0.29) is 0 Å². The van der Waals surface area contributed by atoms with E-state index in [0.29, 0.717) is 17.7 Å². The molecule has 0 N–H and O–H groups in total. The summed E-state index contributed by atoms with van der Waals surface area (Å²) < 4.78 is 0. The summed E-state index contributed by atoms with van der Waals surface area (Å²) in [6.07, 6.45) is 6.31. The Morgan fingerprint density at radius 2 is 1.79 bits per heavy atom. The van der Waals surface area contributed by atoms with E-state index >= 15 is 0 Å². The number of hydrogen-bond donors (Lipinski definition) is 0. The third-order valence-electron chi connectivity index (χ3n) is 6.72. The Balaban J connectivity index is 1.27. The fourth-order valence-corrected chi connectivity index (χ4v) is 5.24. The van der Waals surface area contributed by atoms with Crippen LogP contribution in [0.1, 0.15) is 48.8 Å². The lowest BCUT2D eigenvalue weighted by Crippen LogP contribution is -2.45. The highest BCUT2D eigenvalue weighted by molar-refractivity contribution is 5.76. The van der Waals surface area contributed by atoms with Crippen LogP contribution < -0.4 is 0 Å². The minimum absolute atomic E-state index is 0.317. The van der Waals surface area contributed by atoms with E-state index in [1.807, 2.05) is 6.07 Å². The van der Waals surface area contributed by atoms with Gasteiger partial charge in [0.1, 0.15) is 0 Å². The molecular formula is C26H34N2O. The van der Waals surface area contributed by atoms with Gasteiger partial charge in [0.05, 0.1) is 0 Å². The number of benzene rings is 2. The highest BCUT2D eigenvalue weighted by Gasteiger charge is 2.42. The van der Waals surface area contributed by atoms with E-state index in [2.05, 4.69) is 65.3 Å². The minimum atomic E-state index is 0.317. The lowest BCUT2D eigenvalue weighted by atomic mass is 9.79. The molecule has 0 aromatic heterocycles. The highest BCUT2D eigenvalue weighted by Crippen LogP contribution is 2.39. The van der Waals surface area contributed by atoms with E-state index in [1.165, 1.54) is 42.5 Å². The third kappa shape index (κ3) is 5.27. The second kappa shape index (κ2) is 9.13. The number of rotatable bonds is 6. The summed E-state index contributed by atoms with van der Waals surface area (Å²) >= 11 is 0. The van der Waals surface area contributed by atoms with Crippen molar-refractivity contribution >= 4 is 5.91 Å². The van der Waals surface area contributed by atoms with Gasteiger partial charge in [-0.2, -0.15) is 0 Å². The number of hydrogen-bond acceptors (Lipinski definition) is 2. The van der Waals surface area contributed by atoms with Crippen molar-refractivity contribution in [1.82, 2.24) is 9.80 Å². The number of piperidine rings is 1. The summed E-state index contributed by atoms with van der Waals surface area (Å²) in [5.74, 6) is 0.355. The standard InChI is InChI=1S/C26H34N2O/c1-22-8-5-12-24(18-22)19-27-16-7-14-26(20-27)15-17-28(21-26)25(29)13-6-11-23-9-3-2-4-10-23/h2-5,8-10,12,18H,6-7,11,13-17,19-21H2,1H3/t26-/m1/s1. The maximum atomic E-state index is 12.8. The van der Waals surface area contributed by atoms with E-state index in [4.69, 9.17) is 0 Å². The first-order valence-corrected chi connectivity index (χ1v) is 11.2. The molecule has 0 radical (unpaired) electrons. The Kier molecular flexibility index (Phi) is 6.34. The summed E-state index contributed by atoms with van der Waals surface area (Å²) in [5.41, 5.74) is 4.39. The Morgan fingerprint density at radius 1 is 0.966 bits per heavy atom. The predicted octanol–water partition coefficient (Wildman–Crippen LogP) is 4.83. The lowest BCUT2D eigenvalue weighted by Gasteiger charge is -2.40. The molecule has 2 heterocycles.